The Morgan fingerprint density at radius 2 is 1.95 bits per heavy atom. The third kappa shape index (κ3) is 6.88. The smallest absolute Gasteiger partial charge is 0.387 e. The molecule has 0 aliphatic carbocycles. The number of aliphatic hydroxyl groups excluding tert-OH is 2. The van der Waals surface area contributed by atoms with Crippen LogP contribution in [-0.4, -0.2) is 99.5 Å². The number of thioether (sulfide) groups is 1. The maximum atomic E-state index is 12.3. The highest BCUT2D eigenvalue weighted by Gasteiger charge is 2.47. The number of hydrogen-bond acceptors (Lipinski definition) is 15. The number of carbonyl (C=O) groups excluding carboxylic acids is 2. The van der Waals surface area contributed by atoms with E-state index in [0.717, 1.165) is 12.1 Å². The van der Waals surface area contributed by atoms with Gasteiger partial charge < -0.3 is 40.7 Å². The molecule has 3 saturated heterocycles. The molecule has 2 aromatic rings. The standard InChI is InChI=1S/C20H29N7O12P2S/c21-17-14-18(23-7-22-17)27(8-24-14)19-16(30)15(29)10(37-19)5-36-40(32,33)39-41(34,35)38-12(28)4-2-1-3-11-13-9(6-42-11)25-20(31)26-13/h7-11,13,15-16,19,29-30H,1-6H2,(H,32,33)(H,34,35)(H2,21,22,23)(H2,25,26,31)/t9-,10+,11-,13-,15?,16-,19+/m0/s1. The first-order valence-electron chi connectivity index (χ1n) is 12.7. The number of unbranched alkanes of at least 4 members (excludes halogenated alkanes) is 1. The van der Waals surface area contributed by atoms with Gasteiger partial charge in [0.25, 0.3) is 0 Å². The lowest BCUT2D eigenvalue weighted by Gasteiger charge is -2.19. The van der Waals surface area contributed by atoms with Crippen molar-refractivity contribution in [3.8, 4) is 0 Å². The summed E-state index contributed by atoms with van der Waals surface area (Å²) in [7, 11) is -10.7. The number of imidazole rings is 1. The summed E-state index contributed by atoms with van der Waals surface area (Å²) < 4.78 is 44.6. The van der Waals surface area contributed by atoms with Gasteiger partial charge in [0, 0.05) is 17.4 Å². The van der Waals surface area contributed by atoms with E-state index in [2.05, 4.69) is 38.9 Å². The maximum absolute atomic E-state index is 12.3. The molecule has 19 nitrogen and oxygen atoms in total. The summed E-state index contributed by atoms with van der Waals surface area (Å²) in [6.45, 7) is -0.864. The maximum Gasteiger partial charge on any atom is 0.538 e. The summed E-state index contributed by atoms with van der Waals surface area (Å²) in [6.07, 6.45) is -2.13. The van der Waals surface area contributed by atoms with Crippen LogP contribution in [-0.2, 0) is 32.0 Å². The molecule has 3 aliphatic rings. The van der Waals surface area contributed by atoms with Crippen LogP contribution < -0.4 is 16.4 Å². The Balaban J connectivity index is 1.06. The van der Waals surface area contributed by atoms with Gasteiger partial charge in [-0.25, -0.2) is 28.9 Å². The van der Waals surface area contributed by atoms with Crippen LogP contribution in [0.15, 0.2) is 12.7 Å². The second-order valence-corrected chi connectivity index (χ2v) is 14.0. The van der Waals surface area contributed by atoms with Gasteiger partial charge in [-0.05, 0) is 12.8 Å². The van der Waals surface area contributed by atoms with Crippen molar-refractivity contribution in [2.45, 2.75) is 67.6 Å². The number of fused-ring (bicyclic) bond motifs is 2. The largest absolute Gasteiger partial charge is 0.538 e. The van der Waals surface area contributed by atoms with Crippen molar-refractivity contribution in [2.24, 2.45) is 0 Å². The molecule has 0 radical (unpaired) electrons. The first-order chi connectivity index (χ1) is 19.8. The van der Waals surface area contributed by atoms with E-state index in [1.165, 1.54) is 10.9 Å². The fourth-order valence-corrected chi connectivity index (χ4v) is 8.52. The van der Waals surface area contributed by atoms with Gasteiger partial charge in [0.15, 0.2) is 17.7 Å². The molecule has 5 rings (SSSR count). The number of phosphoric ester groups is 2. The molecule has 2 aromatic heterocycles. The van der Waals surface area contributed by atoms with Crippen molar-refractivity contribution in [1.29, 1.82) is 0 Å². The molecule has 3 fully saturated rings. The van der Waals surface area contributed by atoms with Crippen molar-refractivity contribution in [2.75, 3.05) is 18.1 Å². The molecule has 3 unspecified atom stereocenters. The molecule has 2 amide bonds. The number of aliphatic hydroxyl groups is 2. The molecule has 5 heterocycles. The monoisotopic (exact) mass is 653 g/mol. The average Bonchev–Trinajstić information content (AvgIpc) is 3.65. The number of rotatable bonds is 12. The van der Waals surface area contributed by atoms with Crippen molar-refractivity contribution >= 4 is 56.4 Å². The molecule has 3 aliphatic heterocycles. The van der Waals surface area contributed by atoms with E-state index in [1.807, 2.05) is 0 Å². The van der Waals surface area contributed by atoms with Crippen molar-refractivity contribution < 1.29 is 56.8 Å². The minimum Gasteiger partial charge on any atom is -0.387 e. The summed E-state index contributed by atoms with van der Waals surface area (Å²) in [4.78, 5) is 55.1. The second-order valence-electron chi connectivity index (χ2n) is 9.77. The average molecular weight is 654 g/mol. The first kappa shape index (κ1) is 31.1. The van der Waals surface area contributed by atoms with Crippen LogP contribution in [0.5, 0.6) is 0 Å². The highest BCUT2D eigenvalue weighted by molar-refractivity contribution is 8.00. The molecule has 22 heteroatoms. The Labute approximate surface area is 241 Å². The summed E-state index contributed by atoms with van der Waals surface area (Å²) >= 11 is 1.70. The predicted octanol–water partition coefficient (Wildman–Crippen LogP) is -0.469. The van der Waals surface area contributed by atoms with E-state index in [1.54, 1.807) is 11.8 Å². The number of amides is 2. The Bertz CT molecular complexity index is 1430. The lowest BCUT2D eigenvalue weighted by molar-refractivity contribution is -0.135. The van der Waals surface area contributed by atoms with E-state index >= 15 is 0 Å². The number of anilines is 1. The summed E-state index contributed by atoms with van der Waals surface area (Å²) in [5.74, 6) is -0.283. The molecular formula is C20H29N7O12P2S. The molecule has 232 valence electrons. The van der Waals surface area contributed by atoms with Gasteiger partial charge in [-0.3, -0.25) is 18.8 Å². The highest BCUT2D eigenvalue weighted by atomic mass is 32.2. The van der Waals surface area contributed by atoms with Gasteiger partial charge >= 0.3 is 27.6 Å². The zero-order chi connectivity index (χ0) is 30.2. The topological polar surface area (TPSA) is 280 Å². The molecule has 8 N–H and O–H groups in total. The molecule has 0 aromatic carbocycles. The van der Waals surface area contributed by atoms with Crippen LogP contribution >= 0.6 is 27.4 Å². The predicted molar refractivity (Wildman–Crippen MR) is 142 cm³/mol. The SMILES string of the molecule is Nc1ncnc2c1ncn2[C@@H]1O[C@H](COP(=O)(O)OP(=O)(O)OC(=O)CCCC[C@@H]2SC[C@@H]3NC(=O)N[C@@H]32)C(O)[C@@H]1O. The van der Waals surface area contributed by atoms with E-state index in [0.29, 0.717) is 19.3 Å². The van der Waals surface area contributed by atoms with Gasteiger partial charge in [-0.15, -0.1) is 0 Å². The Kier molecular flexibility index (Phi) is 9.11. The van der Waals surface area contributed by atoms with E-state index in [9.17, 15) is 38.7 Å². The van der Waals surface area contributed by atoms with Crippen LogP contribution in [0.2, 0.25) is 0 Å². The van der Waals surface area contributed by atoms with Crippen molar-refractivity contribution in [3.63, 3.8) is 0 Å². The number of nitrogens with one attached hydrogen (secondary N) is 2. The van der Waals surface area contributed by atoms with Crippen LogP contribution in [0, 0.1) is 0 Å². The van der Waals surface area contributed by atoms with E-state index < -0.39 is 52.8 Å². The number of carbonyl (C=O) groups is 2. The first-order valence-corrected chi connectivity index (χ1v) is 16.7. The summed E-state index contributed by atoms with van der Waals surface area (Å²) in [5.41, 5.74) is 6.15. The molecule has 0 saturated carbocycles. The van der Waals surface area contributed by atoms with Crippen molar-refractivity contribution in [3.05, 3.63) is 12.7 Å². The van der Waals surface area contributed by atoms with Crippen LogP contribution in [0.3, 0.4) is 0 Å². The Morgan fingerprint density at radius 1 is 1.17 bits per heavy atom. The van der Waals surface area contributed by atoms with Crippen LogP contribution in [0.4, 0.5) is 10.6 Å². The Hall–Kier alpha value is -2.38. The van der Waals surface area contributed by atoms with Crippen LogP contribution in [0.1, 0.15) is 31.9 Å². The number of urea groups is 1. The lowest BCUT2D eigenvalue weighted by Crippen LogP contribution is -2.36. The van der Waals surface area contributed by atoms with E-state index in [4.69, 9.17) is 10.5 Å². The summed E-state index contributed by atoms with van der Waals surface area (Å²) in [6, 6.07) is -0.141. The second kappa shape index (κ2) is 12.3. The highest BCUT2D eigenvalue weighted by Crippen LogP contribution is 2.60. The van der Waals surface area contributed by atoms with Gasteiger partial charge in [0.1, 0.15) is 30.2 Å². The minimum atomic E-state index is -5.37. The zero-order valence-corrected chi connectivity index (χ0v) is 24.3. The number of nitrogens with zero attached hydrogens (tertiary/aromatic N) is 4. The van der Waals surface area contributed by atoms with Gasteiger partial charge in [-0.1, -0.05) is 6.42 Å². The lowest BCUT2D eigenvalue weighted by atomic mass is 10.0. The quantitative estimate of drug-likeness (QED) is 0.0866. The van der Waals surface area contributed by atoms with Gasteiger partial charge in [0.05, 0.1) is 25.0 Å². The van der Waals surface area contributed by atoms with Gasteiger partial charge in [-0.2, -0.15) is 16.1 Å². The number of phosphoric acid groups is 2. The Morgan fingerprint density at radius 3 is 2.74 bits per heavy atom. The minimum absolute atomic E-state index is 0.00353. The molecular weight excluding hydrogens is 624 g/mol. The molecule has 9 atom stereocenters. The molecule has 0 bridgehead atoms. The fourth-order valence-electron chi connectivity index (χ4n) is 4.92. The third-order valence-electron chi connectivity index (χ3n) is 6.88. The zero-order valence-electron chi connectivity index (χ0n) is 21.7. The fraction of sp³-hybridized carbons (Fsp3) is 0.650. The summed E-state index contributed by atoms with van der Waals surface area (Å²) in [5, 5.41) is 26.7. The number of hydrogen-bond donors (Lipinski definition) is 7. The molecule has 42 heavy (non-hydrogen) atoms. The van der Waals surface area contributed by atoms with Crippen molar-refractivity contribution in [1.82, 2.24) is 30.2 Å². The van der Waals surface area contributed by atoms with E-state index in [-0.39, 0.29) is 46.8 Å². The molecule has 0 spiro atoms. The normalized spacial score (nSPS) is 31.7. The number of nitrogen functional groups attached to an aromatic ring is 1. The van der Waals surface area contributed by atoms with Crippen LogP contribution in [0.25, 0.3) is 11.2 Å². The number of aromatic nitrogens is 4. The number of nitrogens with two attached hydrogens (primary N) is 1. The van der Waals surface area contributed by atoms with Gasteiger partial charge in [0.2, 0.25) is 0 Å². The number of ether oxygens (including phenoxy) is 1. The third-order valence-corrected chi connectivity index (χ3v) is 11.0.